The average molecular weight is 319 g/mol. The molecule has 0 spiro atoms. The van der Waals surface area contributed by atoms with Crippen LogP contribution in [0.5, 0.6) is 0 Å². The molecule has 0 radical (unpaired) electrons. The van der Waals surface area contributed by atoms with Gasteiger partial charge in [0.1, 0.15) is 0 Å². The zero-order valence-electron chi connectivity index (χ0n) is 8.06. The van der Waals surface area contributed by atoms with Crippen LogP contribution in [0.3, 0.4) is 0 Å². The SMILES string of the molecule is FC(F)(F)CCCCCC(F)(F)C(F)(F)Br. The largest absolute Gasteiger partial charge is 0.389 e. The lowest BCUT2D eigenvalue weighted by molar-refractivity contribution is -0.152. The standard InChI is InChI=1S/C8H10BrF7/c9-8(15,16)6(10,11)4-2-1-3-5-7(12,13)14/h1-5H2. The summed E-state index contributed by atoms with van der Waals surface area (Å²) in [5, 5.41) is 0. The highest BCUT2D eigenvalue weighted by atomic mass is 79.9. The van der Waals surface area contributed by atoms with Gasteiger partial charge in [0.2, 0.25) is 0 Å². The molecule has 0 aliphatic heterocycles. The molecule has 16 heavy (non-hydrogen) atoms. The lowest BCUT2D eigenvalue weighted by Crippen LogP contribution is -2.34. The van der Waals surface area contributed by atoms with E-state index in [0.717, 1.165) is 0 Å². The van der Waals surface area contributed by atoms with Crippen molar-refractivity contribution in [3.8, 4) is 0 Å². The predicted octanol–water partition coefficient (Wildman–Crippen LogP) is 5.12. The zero-order chi connectivity index (χ0) is 13.0. The summed E-state index contributed by atoms with van der Waals surface area (Å²) >= 11 is 1.54. The number of halogens is 8. The molecule has 0 atom stereocenters. The Labute approximate surface area is 96.3 Å². The second-order valence-corrected chi connectivity index (χ2v) is 4.37. The van der Waals surface area contributed by atoms with Crippen LogP contribution in [0.4, 0.5) is 30.7 Å². The maximum Gasteiger partial charge on any atom is 0.389 e. The van der Waals surface area contributed by atoms with Gasteiger partial charge in [-0.15, -0.1) is 0 Å². The van der Waals surface area contributed by atoms with Gasteiger partial charge in [-0.25, -0.2) is 0 Å². The topological polar surface area (TPSA) is 0 Å². The fourth-order valence-electron chi connectivity index (χ4n) is 0.991. The summed E-state index contributed by atoms with van der Waals surface area (Å²) < 4.78 is 84.4. The summed E-state index contributed by atoms with van der Waals surface area (Å²) in [5.41, 5.74) is 0. The number of alkyl halides is 8. The number of hydrogen-bond acceptors (Lipinski definition) is 0. The van der Waals surface area contributed by atoms with E-state index in [1.807, 2.05) is 0 Å². The van der Waals surface area contributed by atoms with Crippen molar-refractivity contribution in [2.45, 2.75) is 49.0 Å². The molecule has 0 bridgehead atoms. The summed E-state index contributed by atoms with van der Waals surface area (Å²) in [7, 11) is 0. The Balaban J connectivity index is 3.75. The van der Waals surface area contributed by atoms with E-state index in [1.54, 1.807) is 0 Å². The van der Waals surface area contributed by atoms with Crippen molar-refractivity contribution in [2.75, 3.05) is 0 Å². The monoisotopic (exact) mass is 318 g/mol. The van der Waals surface area contributed by atoms with Gasteiger partial charge in [0.15, 0.2) is 0 Å². The summed E-state index contributed by atoms with van der Waals surface area (Å²) in [6.45, 7) is 0. The van der Waals surface area contributed by atoms with Gasteiger partial charge in [0.25, 0.3) is 0 Å². The van der Waals surface area contributed by atoms with Crippen LogP contribution in [-0.2, 0) is 0 Å². The Hall–Kier alpha value is -0.0100. The summed E-state index contributed by atoms with van der Waals surface area (Å²) in [4.78, 5) is -4.32. The molecule has 0 saturated carbocycles. The first-order chi connectivity index (χ1) is 6.96. The smallest absolute Gasteiger partial charge is 0.199 e. The highest BCUT2D eigenvalue weighted by Gasteiger charge is 2.53. The summed E-state index contributed by atoms with van der Waals surface area (Å²) in [6.07, 6.45) is -7.40. The molecule has 0 nitrogen and oxygen atoms in total. The minimum atomic E-state index is -4.33. The Kier molecular flexibility index (Phi) is 5.55. The molecular weight excluding hydrogens is 309 g/mol. The van der Waals surface area contributed by atoms with Gasteiger partial charge in [-0.1, -0.05) is 6.42 Å². The van der Waals surface area contributed by atoms with Crippen molar-refractivity contribution in [3.63, 3.8) is 0 Å². The fraction of sp³-hybridized carbons (Fsp3) is 1.00. The number of hydrogen-bond donors (Lipinski definition) is 0. The van der Waals surface area contributed by atoms with E-state index < -0.39 is 29.8 Å². The van der Waals surface area contributed by atoms with Crippen LogP contribution in [0, 0.1) is 0 Å². The Morgan fingerprint density at radius 1 is 0.688 bits per heavy atom. The average Bonchev–Trinajstić information content (AvgIpc) is 1.98. The minimum Gasteiger partial charge on any atom is -0.199 e. The van der Waals surface area contributed by atoms with E-state index in [-0.39, 0.29) is 19.3 Å². The lowest BCUT2D eigenvalue weighted by atomic mass is 10.1. The van der Waals surface area contributed by atoms with E-state index in [1.165, 1.54) is 15.9 Å². The second kappa shape index (κ2) is 5.55. The zero-order valence-corrected chi connectivity index (χ0v) is 9.65. The van der Waals surface area contributed by atoms with E-state index in [9.17, 15) is 30.7 Å². The summed E-state index contributed by atoms with van der Waals surface area (Å²) in [6, 6.07) is 0. The molecule has 0 N–H and O–H groups in total. The quantitative estimate of drug-likeness (QED) is 0.362. The molecule has 0 saturated heterocycles. The third-order valence-corrected chi connectivity index (χ3v) is 2.45. The van der Waals surface area contributed by atoms with E-state index in [2.05, 4.69) is 0 Å². The molecule has 0 aromatic rings. The molecule has 0 aliphatic carbocycles. The van der Waals surface area contributed by atoms with Crippen LogP contribution in [0.15, 0.2) is 0 Å². The molecule has 0 rings (SSSR count). The van der Waals surface area contributed by atoms with Crippen LogP contribution >= 0.6 is 15.9 Å². The van der Waals surface area contributed by atoms with Crippen LogP contribution in [-0.4, -0.2) is 16.9 Å². The predicted molar refractivity (Wildman–Crippen MR) is 48.0 cm³/mol. The van der Waals surface area contributed by atoms with Crippen LogP contribution in [0.2, 0.25) is 0 Å². The Bertz CT molecular complexity index is 205. The third-order valence-electron chi connectivity index (χ3n) is 1.87. The molecule has 0 aromatic carbocycles. The van der Waals surface area contributed by atoms with Crippen molar-refractivity contribution < 1.29 is 30.7 Å². The normalized spacial score (nSPS) is 14.2. The van der Waals surface area contributed by atoms with E-state index in [0.29, 0.717) is 0 Å². The van der Waals surface area contributed by atoms with Crippen molar-refractivity contribution in [3.05, 3.63) is 0 Å². The molecule has 0 aromatic heterocycles. The number of rotatable bonds is 6. The second-order valence-electron chi connectivity index (χ2n) is 3.38. The van der Waals surface area contributed by atoms with Gasteiger partial charge in [0.05, 0.1) is 0 Å². The first-order valence-electron chi connectivity index (χ1n) is 4.47. The van der Waals surface area contributed by atoms with Gasteiger partial charge >= 0.3 is 16.9 Å². The van der Waals surface area contributed by atoms with Gasteiger partial charge in [-0.05, 0) is 28.8 Å². The van der Waals surface area contributed by atoms with E-state index in [4.69, 9.17) is 0 Å². The van der Waals surface area contributed by atoms with Crippen LogP contribution < -0.4 is 0 Å². The van der Waals surface area contributed by atoms with Gasteiger partial charge in [-0.2, -0.15) is 30.7 Å². The van der Waals surface area contributed by atoms with Gasteiger partial charge in [-0.3, -0.25) is 0 Å². The highest BCUT2D eigenvalue weighted by Crippen LogP contribution is 2.42. The fourth-order valence-corrected chi connectivity index (χ4v) is 1.19. The minimum absolute atomic E-state index is 0.155. The van der Waals surface area contributed by atoms with Crippen molar-refractivity contribution in [2.24, 2.45) is 0 Å². The summed E-state index contributed by atoms with van der Waals surface area (Å²) in [5.74, 6) is -4.23. The lowest BCUT2D eigenvalue weighted by Gasteiger charge is -2.21. The van der Waals surface area contributed by atoms with Crippen molar-refractivity contribution >= 4 is 15.9 Å². The molecule has 0 unspecified atom stereocenters. The highest BCUT2D eigenvalue weighted by molar-refractivity contribution is 9.10. The van der Waals surface area contributed by atoms with Crippen molar-refractivity contribution in [1.82, 2.24) is 0 Å². The first kappa shape index (κ1) is 16.0. The van der Waals surface area contributed by atoms with Crippen LogP contribution in [0.25, 0.3) is 0 Å². The third kappa shape index (κ3) is 6.55. The maximum atomic E-state index is 12.6. The molecule has 8 heteroatoms. The molecule has 0 aliphatic rings. The molecule has 0 amide bonds. The van der Waals surface area contributed by atoms with Crippen LogP contribution in [0.1, 0.15) is 32.1 Å². The van der Waals surface area contributed by atoms with Gasteiger partial charge < -0.3 is 0 Å². The molecule has 98 valence electrons. The molecular formula is C8H10BrF7. The maximum absolute atomic E-state index is 12.6. The molecule has 0 heterocycles. The first-order valence-corrected chi connectivity index (χ1v) is 5.26. The Morgan fingerprint density at radius 2 is 1.12 bits per heavy atom. The van der Waals surface area contributed by atoms with Gasteiger partial charge in [0, 0.05) is 12.8 Å². The van der Waals surface area contributed by atoms with E-state index >= 15 is 0 Å². The number of unbranched alkanes of at least 4 members (excludes halogenated alkanes) is 2. The molecule has 0 fully saturated rings. The Morgan fingerprint density at radius 3 is 1.50 bits per heavy atom. The van der Waals surface area contributed by atoms with Crippen molar-refractivity contribution in [1.29, 1.82) is 0 Å².